The first-order chi connectivity index (χ1) is 14.1. The number of carbonyl (C=O) groups is 1. The maximum atomic E-state index is 13.6. The van der Waals surface area contributed by atoms with E-state index in [0.717, 1.165) is 29.0 Å². The molecule has 5 nitrogen and oxygen atoms in total. The summed E-state index contributed by atoms with van der Waals surface area (Å²) in [5, 5.41) is 0. The maximum Gasteiger partial charge on any atom is 0.229 e. The molecule has 5 heteroatoms. The number of ether oxygens (including phenoxy) is 3. The minimum atomic E-state index is -0.490. The number of hydrogen-bond donors (Lipinski definition) is 0. The predicted octanol–water partition coefficient (Wildman–Crippen LogP) is 3.54. The summed E-state index contributed by atoms with van der Waals surface area (Å²) in [6, 6.07) is 16.0. The van der Waals surface area contributed by atoms with Crippen LogP contribution in [0.3, 0.4) is 0 Å². The zero-order valence-corrected chi connectivity index (χ0v) is 16.7. The summed E-state index contributed by atoms with van der Waals surface area (Å²) in [5.41, 5.74) is 1.68. The molecule has 2 aromatic carbocycles. The third-order valence-corrected chi connectivity index (χ3v) is 6.49. The number of likely N-dealkylation sites (tertiary alicyclic amines) is 1. The van der Waals surface area contributed by atoms with Crippen LogP contribution in [0.2, 0.25) is 0 Å². The number of nitrogens with zero attached hydrogens (tertiary/aromatic N) is 1. The molecule has 5 rings (SSSR count). The second-order valence-electron chi connectivity index (χ2n) is 8.04. The quantitative estimate of drug-likeness (QED) is 0.732. The van der Waals surface area contributed by atoms with Gasteiger partial charge in [-0.15, -0.1) is 0 Å². The van der Waals surface area contributed by atoms with Crippen molar-refractivity contribution >= 4 is 5.91 Å². The van der Waals surface area contributed by atoms with E-state index in [4.69, 9.17) is 14.2 Å². The average Bonchev–Trinajstić information content (AvgIpc) is 3.33. The Balaban J connectivity index is 1.50. The van der Waals surface area contributed by atoms with Gasteiger partial charge in [0.05, 0.1) is 26.2 Å². The Hall–Kier alpha value is -2.79. The minimum absolute atomic E-state index is 0.0462. The summed E-state index contributed by atoms with van der Waals surface area (Å²) in [4.78, 5) is 15.6. The molecule has 2 aromatic rings. The van der Waals surface area contributed by atoms with Crippen LogP contribution in [0.25, 0.3) is 0 Å². The summed E-state index contributed by atoms with van der Waals surface area (Å²) < 4.78 is 17.3. The molecule has 0 aliphatic carbocycles. The van der Waals surface area contributed by atoms with Gasteiger partial charge in [-0.25, -0.2) is 0 Å². The number of rotatable bonds is 5. The van der Waals surface area contributed by atoms with Crippen molar-refractivity contribution in [2.45, 2.75) is 30.6 Å². The lowest BCUT2D eigenvalue weighted by Crippen LogP contribution is -2.53. The Labute approximate surface area is 170 Å². The van der Waals surface area contributed by atoms with Crippen molar-refractivity contribution in [2.75, 3.05) is 20.8 Å². The second-order valence-corrected chi connectivity index (χ2v) is 8.04. The first-order valence-electron chi connectivity index (χ1n) is 10.1. The third kappa shape index (κ3) is 2.92. The number of hydrogen-bond acceptors (Lipinski definition) is 4. The van der Waals surface area contributed by atoms with E-state index in [9.17, 15) is 4.79 Å². The first kappa shape index (κ1) is 18.3. The van der Waals surface area contributed by atoms with Crippen LogP contribution >= 0.6 is 0 Å². The molecule has 2 saturated heterocycles. The lowest BCUT2D eigenvalue weighted by Gasteiger charge is -2.42. The topological polar surface area (TPSA) is 48.0 Å². The van der Waals surface area contributed by atoms with E-state index in [0.29, 0.717) is 13.1 Å². The van der Waals surface area contributed by atoms with Gasteiger partial charge in [-0.3, -0.25) is 4.79 Å². The largest absolute Gasteiger partial charge is 0.497 e. The van der Waals surface area contributed by atoms with Crippen LogP contribution in [0.4, 0.5) is 0 Å². The molecule has 0 unspecified atom stereocenters. The van der Waals surface area contributed by atoms with E-state index in [1.54, 1.807) is 14.2 Å². The Morgan fingerprint density at radius 1 is 1.10 bits per heavy atom. The highest BCUT2D eigenvalue weighted by atomic mass is 16.5. The molecule has 0 saturated carbocycles. The molecular formula is C24H25NO4. The van der Waals surface area contributed by atoms with E-state index in [-0.39, 0.29) is 23.8 Å². The van der Waals surface area contributed by atoms with Gasteiger partial charge in [0, 0.05) is 25.1 Å². The van der Waals surface area contributed by atoms with Crippen molar-refractivity contribution in [3.63, 3.8) is 0 Å². The average molecular weight is 391 g/mol. The second kappa shape index (κ2) is 6.92. The Kier molecular flexibility index (Phi) is 4.36. The Morgan fingerprint density at radius 3 is 2.52 bits per heavy atom. The van der Waals surface area contributed by atoms with Crippen LogP contribution in [0.15, 0.2) is 60.7 Å². The molecular weight excluding hydrogens is 366 g/mol. The van der Waals surface area contributed by atoms with Gasteiger partial charge in [-0.2, -0.15) is 0 Å². The van der Waals surface area contributed by atoms with Gasteiger partial charge in [0.1, 0.15) is 17.1 Å². The molecule has 2 bridgehead atoms. The number of carbonyl (C=O) groups excluding carboxylic acids is 1. The van der Waals surface area contributed by atoms with Gasteiger partial charge < -0.3 is 19.1 Å². The number of amides is 1. The fraction of sp³-hybridized carbons (Fsp3) is 0.375. The summed E-state index contributed by atoms with van der Waals surface area (Å²) in [7, 11) is 3.29. The molecule has 0 radical (unpaired) electrons. The summed E-state index contributed by atoms with van der Waals surface area (Å²) in [6.45, 7) is 1.34. The molecule has 3 aliphatic rings. The van der Waals surface area contributed by atoms with Crippen molar-refractivity contribution in [3.05, 3.63) is 71.8 Å². The predicted molar refractivity (Wildman–Crippen MR) is 109 cm³/mol. The molecule has 3 aliphatic heterocycles. The fourth-order valence-corrected chi connectivity index (χ4v) is 5.10. The van der Waals surface area contributed by atoms with Crippen LogP contribution in [0.5, 0.6) is 11.5 Å². The van der Waals surface area contributed by atoms with E-state index in [1.165, 1.54) is 0 Å². The Morgan fingerprint density at radius 2 is 1.83 bits per heavy atom. The third-order valence-electron chi connectivity index (χ3n) is 6.49. The molecule has 3 heterocycles. The molecule has 0 N–H and O–H groups in total. The fourth-order valence-electron chi connectivity index (χ4n) is 5.10. The highest BCUT2D eigenvalue weighted by Gasteiger charge is 2.62. The zero-order valence-electron chi connectivity index (χ0n) is 16.7. The number of fused-ring (bicyclic) bond motifs is 1. The summed E-state index contributed by atoms with van der Waals surface area (Å²) >= 11 is 0. The lowest BCUT2D eigenvalue weighted by molar-refractivity contribution is -0.147. The number of piperidine rings is 1. The van der Waals surface area contributed by atoms with Crippen LogP contribution in [-0.2, 0) is 16.1 Å². The van der Waals surface area contributed by atoms with Crippen LogP contribution in [-0.4, -0.2) is 43.3 Å². The van der Waals surface area contributed by atoms with Crippen molar-refractivity contribution in [1.29, 1.82) is 0 Å². The maximum absolute atomic E-state index is 13.6. The van der Waals surface area contributed by atoms with E-state index < -0.39 is 5.60 Å². The van der Waals surface area contributed by atoms with Crippen molar-refractivity contribution < 1.29 is 19.0 Å². The molecule has 2 fully saturated rings. The molecule has 1 amide bonds. The first-order valence-corrected chi connectivity index (χ1v) is 10.1. The highest BCUT2D eigenvalue weighted by molar-refractivity contribution is 5.84. The summed E-state index contributed by atoms with van der Waals surface area (Å²) in [6.07, 6.45) is 4.96. The number of methoxy groups -OCH3 is 2. The minimum Gasteiger partial charge on any atom is -0.497 e. The molecule has 150 valence electrons. The van der Waals surface area contributed by atoms with Gasteiger partial charge in [0.2, 0.25) is 5.91 Å². The summed E-state index contributed by atoms with van der Waals surface area (Å²) in [5.74, 6) is 1.34. The van der Waals surface area contributed by atoms with Gasteiger partial charge in [-0.1, -0.05) is 42.5 Å². The van der Waals surface area contributed by atoms with Crippen molar-refractivity contribution in [2.24, 2.45) is 5.92 Å². The molecule has 29 heavy (non-hydrogen) atoms. The van der Waals surface area contributed by atoms with Gasteiger partial charge >= 0.3 is 0 Å². The van der Waals surface area contributed by atoms with Gasteiger partial charge in [0.25, 0.3) is 0 Å². The van der Waals surface area contributed by atoms with Gasteiger partial charge in [0.15, 0.2) is 0 Å². The van der Waals surface area contributed by atoms with Crippen LogP contribution in [0, 0.1) is 5.92 Å². The van der Waals surface area contributed by atoms with Crippen LogP contribution in [0.1, 0.15) is 23.5 Å². The smallest absolute Gasteiger partial charge is 0.229 e. The molecule has 0 aromatic heterocycles. The van der Waals surface area contributed by atoms with Crippen molar-refractivity contribution in [1.82, 2.24) is 4.90 Å². The monoisotopic (exact) mass is 391 g/mol. The molecule has 1 spiro atoms. The lowest BCUT2D eigenvalue weighted by atomic mass is 9.69. The van der Waals surface area contributed by atoms with Crippen LogP contribution < -0.4 is 9.47 Å². The van der Waals surface area contributed by atoms with E-state index >= 15 is 0 Å². The standard InChI is InChI=1S/C24H25NO4/c1-27-18-12-17(13-19(14-18)28-2)21-20-8-9-24(29-20)10-11-25(23(26)22(21)24)15-16-6-4-3-5-7-16/h3-9,12-14,20-22H,10-11,15H2,1-2H3/t20-,21+,22+,24-/m0/s1. The number of benzene rings is 2. The van der Waals surface area contributed by atoms with Gasteiger partial charge in [-0.05, 0) is 29.7 Å². The molecule has 4 atom stereocenters. The Bertz CT molecular complexity index is 934. The highest BCUT2D eigenvalue weighted by Crippen LogP contribution is 2.56. The normalized spacial score (nSPS) is 29.8. The van der Waals surface area contributed by atoms with Crippen molar-refractivity contribution in [3.8, 4) is 11.5 Å². The van der Waals surface area contributed by atoms with E-state index in [2.05, 4.69) is 24.3 Å². The SMILES string of the molecule is COc1cc(OC)cc([C@@H]2[C@@H]3C=C[C@@]4(CCN(Cc5ccccc5)C(=O)[C@@H]24)O3)c1. The zero-order chi connectivity index (χ0) is 20.0. The van der Waals surface area contributed by atoms with E-state index in [1.807, 2.05) is 41.3 Å².